The molecule has 1 N–H and O–H groups in total. The molecule has 0 aliphatic heterocycles. The van der Waals surface area contributed by atoms with Gasteiger partial charge in [0.15, 0.2) is 9.84 Å². The molecule has 27 heavy (non-hydrogen) atoms. The van der Waals surface area contributed by atoms with Crippen molar-refractivity contribution in [2.75, 3.05) is 18.2 Å². The molecule has 1 aromatic heterocycles. The van der Waals surface area contributed by atoms with Crippen LogP contribution >= 0.6 is 0 Å². The average molecular weight is 387 g/mol. The van der Waals surface area contributed by atoms with E-state index in [1.165, 1.54) is 24.3 Å². The second kappa shape index (κ2) is 7.58. The van der Waals surface area contributed by atoms with Gasteiger partial charge in [-0.25, -0.2) is 8.42 Å². The molecule has 0 atom stereocenters. The molecule has 0 bridgehead atoms. The smallest absolute Gasteiger partial charge is 0.322 e. The highest BCUT2D eigenvalue weighted by Gasteiger charge is 2.15. The minimum Gasteiger partial charge on any atom is -0.494 e. The second-order valence-electron chi connectivity index (χ2n) is 5.62. The molecule has 0 unspecified atom stereocenters. The fourth-order valence-corrected chi connectivity index (χ4v) is 2.95. The minimum atomic E-state index is -3.41. The highest BCUT2D eigenvalue weighted by atomic mass is 32.2. The highest BCUT2D eigenvalue weighted by Crippen LogP contribution is 2.23. The maximum Gasteiger partial charge on any atom is 0.322 e. The Morgan fingerprint density at radius 1 is 1.15 bits per heavy atom. The summed E-state index contributed by atoms with van der Waals surface area (Å²) in [6, 6.07) is 12.7. The first-order valence-electron chi connectivity index (χ1n) is 8.05. The van der Waals surface area contributed by atoms with Gasteiger partial charge >= 0.3 is 6.01 Å². The molecule has 0 fully saturated rings. The fraction of sp³-hybridized carbons (Fsp3) is 0.167. The summed E-state index contributed by atoms with van der Waals surface area (Å²) in [7, 11) is -3.41. The quantitative estimate of drug-likeness (QED) is 0.692. The summed E-state index contributed by atoms with van der Waals surface area (Å²) in [6.07, 6.45) is 1.07. The standard InChI is InChI=1S/C18H17N3O5S/c1-3-25-14-9-7-12(8-10-14)17-20-21-18(26-17)19-16(22)13-5-4-6-15(11-13)27(2,23)24/h4-11H,3H2,1-2H3,(H,19,21,22). The van der Waals surface area contributed by atoms with E-state index >= 15 is 0 Å². The molecule has 0 aliphatic carbocycles. The lowest BCUT2D eigenvalue weighted by atomic mass is 10.2. The monoisotopic (exact) mass is 387 g/mol. The zero-order valence-corrected chi connectivity index (χ0v) is 15.5. The lowest BCUT2D eigenvalue weighted by molar-refractivity contribution is 0.102. The van der Waals surface area contributed by atoms with E-state index < -0.39 is 15.7 Å². The van der Waals surface area contributed by atoms with E-state index in [-0.39, 0.29) is 22.4 Å². The van der Waals surface area contributed by atoms with Gasteiger partial charge in [-0.2, -0.15) is 0 Å². The molecule has 0 spiro atoms. The Morgan fingerprint density at radius 2 is 1.89 bits per heavy atom. The van der Waals surface area contributed by atoms with Crippen molar-refractivity contribution in [2.24, 2.45) is 0 Å². The predicted molar refractivity (Wildman–Crippen MR) is 98.4 cm³/mol. The van der Waals surface area contributed by atoms with Gasteiger partial charge in [0.25, 0.3) is 5.91 Å². The third-order valence-electron chi connectivity index (χ3n) is 3.58. The lowest BCUT2D eigenvalue weighted by Gasteiger charge is -2.03. The number of nitrogens with zero attached hydrogens (tertiary/aromatic N) is 2. The molecule has 0 saturated carbocycles. The van der Waals surface area contributed by atoms with Gasteiger partial charge in [-0.1, -0.05) is 11.2 Å². The molecule has 1 amide bonds. The average Bonchev–Trinajstić information content (AvgIpc) is 3.10. The highest BCUT2D eigenvalue weighted by molar-refractivity contribution is 7.90. The first-order valence-corrected chi connectivity index (χ1v) is 9.94. The largest absolute Gasteiger partial charge is 0.494 e. The topological polar surface area (TPSA) is 111 Å². The van der Waals surface area contributed by atoms with Crippen molar-refractivity contribution in [1.29, 1.82) is 0 Å². The summed E-state index contributed by atoms with van der Waals surface area (Å²) in [5, 5.41) is 10.1. The Labute approximate surface area is 156 Å². The van der Waals surface area contributed by atoms with Gasteiger partial charge in [0.1, 0.15) is 5.75 Å². The van der Waals surface area contributed by atoms with Gasteiger partial charge in [-0.05, 0) is 49.4 Å². The molecule has 3 aromatic rings. The number of nitrogens with one attached hydrogen (secondary N) is 1. The van der Waals surface area contributed by atoms with Gasteiger partial charge in [0.2, 0.25) is 5.89 Å². The molecule has 1 heterocycles. The van der Waals surface area contributed by atoms with Gasteiger partial charge in [0.05, 0.1) is 11.5 Å². The number of anilines is 1. The number of aromatic nitrogens is 2. The molecule has 3 rings (SSSR count). The maximum atomic E-state index is 12.3. The van der Waals surface area contributed by atoms with E-state index in [9.17, 15) is 13.2 Å². The molecule has 8 nitrogen and oxygen atoms in total. The molecule has 9 heteroatoms. The fourth-order valence-electron chi connectivity index (χ4n) is 2.29. The van der Waals surface area contributed by atoms with Crippen LogP contribution in [0.25, 0.3) is 11.5 Å². The van der Waals surface area contributed by atoms with Crippen LogP contribution in [0, 0.1) is 0 Å². The summed E-state index contributed by atoms with van der Waals surface area (Å²) in [4.78, 5) is 12.4. The third kappa shape index (κ3) is 4.50. The van der Waals surface area contributed by atoms with Crippen LogP contribution in [0.2, 0.25) is 0 Å². The van der Waals surface area contributed by atoms with Crippen LogP contribution < -0.4 is 10.1 Å². The number of hydrogen-bond donors (Lipinski definition) is 1. The summed E-state index contributed by atoms with van der Waals surface area (Å²) >= 11 is 0. The van der Waals surface area contributed by atoms with Crippen molar-refractivity contribution in [3.63, 3.8) is 0 Å². The van der Waals surface area contributed by atoms with Gasteiger partial charge < -0.3 is 9.15 Å². The predicted octanol–water partition coefficient (Wildman–Crippen LogP) is 2.79. The van der Waals surface area contributed by atoms with Crippen LogP contribution in [0.4, 0.5) is 6.01 Å². The van der Waals surface area contributed by atoms with Crippen molar-refractivity contribution < 1.29 is 22.4 Å². The van der Waals surface area contributed by atoms with E-state index in [0.717, 1.165) is 12.0 Å². The molecular weight excluding hydrogens is 370 g/mol. The van der Waals surface area contributed by atoms with Crippen LogP contribution in [-0.4, -0.2) is 37.4 Å². The Kier molecular flexibility index (Phi) is 5.22. The van der Waals surface area contributed by atoms with Crippen LogP contribution in [0.15, 0.2) is 57.8 Å². The van der Waals surface area contributed by atoms with Crippen LogP contribution in [0.3, 0.4) is 0 Å². The summed E-state index contributed by atoms with van der Waals surface area (Å²) in [5.74, 6) is 0.403. The van der Waals surface area contributed by atoms with Crippen molar-refractivity contribution in [2.45, 2.75) is 11.8 Å². The van der Waals surface area contributed by atoms with Crippen molar-refractivity contribution >= 4 is 21.8 Å². The summed E-state index contributed by atoms with van der Waals surface area (Å²) in [6.45, 7) is 2.46. The van der Waals surface area contributed by atoms with Crippen molar-refractivity contribution in [3.8, 4) is 17.2 Å². The van der Waals surface area contributed by atoms with Gasteiger partial charge in [-0.3, -0.25) is 10.1 Å². The van der Waals surface area contributed by atoms with E-state index in [1.54, 1.807) is 24.3 Å². The van der Waals surface area contributed by atoms with Crippen LogP contribution in [0.5, 0.6) is 5.75 Å². The molecule has 0 aliphatic rings. The SMILES string of the molecule is CCOc1ccc(-c2nnc(NC(=O)c3cccc(S(C)(=O)=O)c3)o2)cc1. The number of carbonyl (C=O) groups excluding carboxylic acids is 1. The Bertz CT molecular complexity index is 1060. The zero-order valence-electron chi connectivity index (χ0n) is 14.7. The molecule has 2 aromatic carbocycles. The molecule has 140 valence electrons. The number of amides is 1. The van der Waals surface area contributed by atoms with Gasteiger partial charge in [-0.15, -0.1) is 5.10 Å². The maximum absolute atomic E-state index is 12.3. The van der Waals surface area contributed by atoms with E-state index in [2.05, 4.69) is 15.5 Å². The number of hydrogen-bond acceptors (Lipinski definition) is 7. The Hall–Kier alpha value is -3.20. The lowest BCUT2D eigenvalue weighted by Crippen LogP contribution is -2.13. The number of ether oxygens (including phenoxy) is 1. The van der Waals surface area contributed by atoms with E-state index in [0.29, 0.717) is 12.2 Å². The van der Waals surface area contributed by atoms with Crippen LogP contribution in [0.1, 0.15) is 17.3 Å². The number of benzene rings is 2. The summed E-state index contributed by atoms with van der Waals surface area (Å²) in [5.41, 5.74) is 0.837. The second-order valence-corrected chi connectivity index (χ2v) is 7.64. The zero-order chi connectivity index (χ0) is 19.4. The number of rotatable bonds is 6. The third-order valence-corrected chi connectivity index (χ3v) is 4.69. The van der Waals surface area contributed by atoms with Gasteiger partial charge in [0, 0.05) is 17.4 Å². The van der Waals surface area contributed by atoms with E-state index in [1.807, 2.05) is 6.92 Å². The van der Waals surface area contributed by atoms with Crippen LogP contribution in [-0.2, 0) is 9.84 Å². The Morgan fingerprint density at radius 3 is 2.56 bits per heavy atom. The number of carbonyl (C=O) groups is 1. The molecule has 0 saturated heterocycles. The minimum absolute atomic E-state index is 0.0516. The Balaban J connectivity index is 1.75. The number of sulfone groups is 1. The van der Waals surface area contributed by atoms with Crippen molar-refractivity contribution in [1.82, 2.24) is 10.2 Å². The summed E-state index contributed by atoms with van der Waals surface area (Å²) < 4.78 is 34.0. The normalized spacial score (nSPS) is 11.2. The first-order chi connectivity index (χ1) is 12.9. The first kappa shape index (κ1) is 18.6. The van der Waals surface area contributed by atoms with Crippen molar-refractivity contribution in [3.05, 3.63) is 54.1 Å². The molecule has 0 radical (unpaired) electrons. The molecular formula is C18H17N3O5S. The van der Waals surface area contributed by atoms with E-state index in [4.69, 9.17) is 9.15 Å².